The lowest BCUT2D eigenvalue weighted by atomic mass is 9.68. The van der Waals surface area contributed by atoms with Crippen molar-refractivity contribution in [2.24, 2.45) is 11.8 Å². The zero-order chi connectivity index (χ0) is 11.0. The Morgan fingerprint density at radius 1 is 1.19 bits per heavy atom. The van der Waals surface area contributed by atoms with E-state index in [9.17, 15) is 0 Å². The maximum Gasteiger partial charge on any atom is 0.00214 e. The van der Waals surface area contributed by atoms with Gasteiger partial charge in [0, 0.05) is 5.41 Å². The van der Waals surface area contributed by atoms with Crippen LogP contribution in [-0.2, 0) is 5.41 Å². The minimum absolute atomic E-state index is 0.468. The minimum atomic E-state index is 0.468. The highest BCUT2D eigenvalue weighted by Crippen LogP contribution is 2.55. The molecule has 84 valence electrons. The molecule has 2 bridgehead atoms. The van der Waals surface area contributed by atoms with E-state index in [4.69, 9.17) is 0 Å². The first-order valence-corrected chi connectivity index (χ1v) is 6.59. The Morgan fingerprint density at radius 3 is 2.56 bits per heavy atom. The van der Waals surface area contributed by atoms with Gasteiger partial charge in [-0.15, -0.1) is 0 Å². The summed E-state index contributed by atoms with van der Waals surface area (Å²) in [6.07, 6.45) is 10.4. The van der Waals surface area contributed by atoms with Gasteiger partial charge in [-0.3, -0.25) is 0 Å². The molecular formula is C16H20. The topological polar surface area (TPSA) is 0 Å². The van der Waals surface area contributed by atoms with Gasteiger partial charge in [0.05, 0.1) is 0 Å². The molecular weight excluding hydrogens is 192 g/mol. The Labute approximate surface area is 98.4 Å². The van der Waals surface area contributed by atoms with Crippen molar-refractivity contribution in [2.45, 2.75) is 38.0 Å². The lowest BCUT2D eigenvalue weighted by Crippen LogP contribution is -2.30. The number of benzene rings is 1. The van der Waals surface area contributed by atoms with Crippen LogP contribution in [0.15, 0.2) is 42.5 Å². The van der Waals surface area contributed by atoms with Crippen LogP contribution in [0, 0.1) is 11.8 Å². The number of hydrogen-bond acceptors (Lipinski definition) is 0. The van der Waals surface area contributed by atoms with Gasteiger partial charge in [0.1, 0.15) is 0 Å². The molecule has 1 saturated carbocycles. The molecule has 16 heavy (non-hydrogen) atoms. The standard InChI is InChI=1S/C16H20/c1-2-10-16(14-6-4-3-5-7-14)12-13-8-9-15(16)11-13/h3-9,13,15H,2,10-12H2,1H3. The molecule has 0 saturated heterocycles. The molecule has 0 radical (unpaired) electrons. The molecule has 1 aromatic rings. The lowest BCUT2D eigenvalue weighted by molar-refractivity contribution is 0.326. The van der Waals surface area contributed by atoms with Crippen LogP contribution in [0.1, 0.15) is 38.2 Å². The third kappa shape index (κ3) is 1.36. The molecule has 1 aromatic carbocycles. The summed E-state index contributed by atoms with van der Waals surface area (Å²) in [6, 6.07) is 11.2. The van der Waals surface area contributed by atoms with E-state index in [1.54, 1.807) is 5.56 Å². The SMILES string of the molecule is CCCC1(c2ccccc2)CC2C=CC1C2. The number of fused-ring (bicyclic) bond motifs is 2. The number of hydrogen-bond donors (Lipinski definition) is 0. The molecule has 0 aromatic heterocycles. The van der Waals surface area contributed by atoms with Crippen LogP contribution in [-0.4, -0.2) is 0 Å². The Morgan fingerprint density at radius 2 is 2.00 bits per heavy atom. The van der Waals surface area contributed by atoms with Crippen molar-refractivity contribution in [1.29, 1.82) is 0 Å². The third-order valence-corrected chi connectivity index (χ3v) is 4.55. The van der Waals surface area contributed by atoms with E-state index in [1.807, 2.05) is 0 Å². The zero-order valence-electron chi connectivity index (χ0n) is 10.0. The van der Waals surface area contributed by atoms with Gasteiger partial charge in [-0.25, -0.2) is 0 Å². The first kappa shape index (κ1) is 10.1. The molecule has 2 aliphatic rings. The van der Waals surface area contributed by atoms with Crippen LogP contribution in [0.5, 0.6) is 0 Å². The molecule has 2 aliphatic carbocycles. The van der Waals surface area contributed by atoms with Crippen LogP contribution in [0.25, 0.3) is 0 Å². The lowest BCUT2D eigenvalue weighted by Gasteiger charge is -2.36. The molecule has 3 unspecified atom stereocenters. The fraction of sp³-hybridized carbons (Fsp3) is 0.500. The maximum atomic E-state index is 2.48. The first-order chi connectivity index (χ1) is 7.85. The van der Waals surface area contributed by atoms with E-state index in [2.05, 4.69) is 49.4 Å². The Balaban J connectivity index is 2.01. The zero-order valence-corrected chi connectivity index (χ0v) is 10.0. The van der Waals surface area contributed by atoms with Gasteiger partial charge in [-0.1, -0.05) is 55.8 Å². The summed E-state index contributed by atoms with van der Waals surface area (Å²) >= 11 is 0. The van der Waals surface area contributed by atoms with Crippen molar-refractivity contribution in [3.8, 4) is 0 Å². The van der Waals surface area contributed by atoms with Gasteiger partial charge in [-0.2, -0.15) is 0 Å². The Hall–Kier alpha value is -1.04. The van der Waals surface area contributed by atoms with Crippen LogP contribution in [0.3, 0.4) is 0 Å². The summed E-state index contributed by atoms with van der Waals surface area (Å²) < 4.78 is 0. The van der Waals surface area contributed by atoms with Gasteiger partial charge < -0.3 is 0 Å². The fourth-order valence-electron chi connectivity index (χ4n) is 3.93. The quantitative estimate of drug-likeness (QED) is 0.654. The largest absolute Gasteiger partial charge is 0.0851 e. The van der Waals surface area contributed by atoms with Gasteiger partial charge in [0.25, 0.3) is 0 Å². The summed E-state index contributed by atoms with van der Waals surface area (Å²) in [4.78, 5) is 0. The highest BCUT2D eigenvalue weighted by atomic mass is 14.5. The van der Waals surface area contributed by atoms with Crippen molar-refractivity contribution in [3.05, 3.63) is 48.0 Å². The van der Waals surface area contributed by atoms with Crippen molar-refractivity contribution < 1.29 is 0 Å². The van der Waals surface area contributed by atoms with Crippen molar-refractivity contribution in [3.63, 3.8) is 0 Å². The number of rotatable bonds is 3. The average molecular weight is 212 g/mol. The first-order valence-electron chi connectivity index (χ1n) is 6.59. The summed E-state index contributed by atoms with van der Waals surface area (Å²) in [7, 11) is 0. The Kier molecular flexibility index (Phi) is 2.38. The van der Waals surface area contributed by atoms with Gasteiger partial charge in [0.15, 0.2) is 0 Å². The molecule has 0 spiro atoms. The van der Waals surface area contributed by atoms with E-state index in [0.29, 0.717) is 5.41 Å². The van der Waals surface area contributed by atoms with E-state index in [1.165, 1.54) is 25.7 Å². The van der Waals surface area contributed by atoms with Gasteiger partial charge >= 0.3 is 0 Å². The summed E-state index contributed by atoms with van der Waals surface area (Å²) in [5, 5.41) is 0. The molecule has 1 fully saturated rings. The highest BCUT2D eigenvalue weighted by molar-refractivity contribution is 5.33. The summed E-state index contributed by atoms with van der Waals surface area (Å²) in [6.45, 7) is 2.32. The molecule has 0 aliphatic heterocycles. The van der Waals surface area contributed by atoms with Crippen LogP contribution < -0.4 is 0 Å². The second-order valence-electron chi connectivity index (χ2n) is 5.46. The molecule has 3 rings (SSSR count). The predicted molar refractivity (Wildman–Crippen MR) is 68.4 cm³/mol. The average Bonchev–Trinajstić information content (AvgIpc) is 2.91. The summed E-state index contributed by atoms with van der Waals surface area (Å²) in [5.74, 6) is 1.66. The van der Waals surface area contributed by atoms with Gasteiger partial charge in [-0.05, 0) is 36.7 Å². The molecule has 0 heteroatoms. The van der Waals surface area contributed by atoms with Crippen molar-refractivity contribution in [1.82, 2.24) is 0 Å². The van der Waals surface area contributed by atoms with Crippen LogP contribution in [0.4, 0.5) is 0 Å². The Bertz CT molecular complexity index is 390. The molecule has 0 amide bonds. The van der Waals surface area contributed by atoms with Crippen molar-refractivity contribution in [2.75, 3.05) is 0 Å². The molecule has 0 N–H and O–H groups in total. The highest BCUT2D eigenvalue weighted by Gasteiger charge is 2.48. The minimum Gasteiger partial charge on any atom is -0.0851 e. The summed E-state index contributed by atoms with van der Waals surface area (Å²) in [5.41, 5.74) is 2.05. The van der Waals surface area contributed by atoms with Gasteiger partial charge in [0.2, 0.25) is 0 Å². The molecule has 0 heterocycles. The van der Waals surface area contributed by atoms with Crippen LogP contribution >= 0.6 is 0 Å². The van der Waals surface area contributed by atoms with Crippen LogP contribution in [0.2, 0.25) is 0 Å². The second-order valence-corrected chi connectivity index (χ2v) is 5.46. The second kappa shape index (κ2) is 3.76. The fourth-order valence-corrected chi connectivity index (χ4v) is 3.93. The number of allylic oxidation sites excluding steroid dienone is 2. The van der Waals surface area contributed by atoms with Crippen molar-refractivity contribution >= 4 is 0 Å². The normalized spacial score (nSPS) is 35.8. The smallest absolute Gasteiger partial charge is 0.00214 e. The third-order valence-electron chi connectivity index (χ3n) is 4.55. The van der Waals surface area contributed by atoms with E-state index in [-0.39, 0.29) is 0 Å². The van der Waals surface area contributed by atoms with E-state index >= 15 is 0 Å². The monoisotopic (exact) mass is 212 g/mol. The molecule has 0 nitrogen and oxygen atoms in total. The molecule has 3 atom stereocenters. The van der Waals surface area contributed by atoms with E-state index in [0.717, 1.165) is 11.8 Å². The maximum absolute atomic E-state index is 2.48. The van der Waals surface area contributed by atoms with E-state index < -0.39 is 0 Å². The predicted octanol–water partition coefficient (Wildman–Crippen LogP) is 4.32.